The first-order chi connectivity index (χ1) is 8.74. The molecular formula is C15H24N2O. The SMILES string of the molecule is CCC(N)c1ccc(N2CCC(COC)C2)cc1. The summed E-state index contributed by atoms with van der Waals surface area (Å²) < 4.78 is 5.23. The molecule has 0 amide bonds. The van der Waals surface area contributed by atoms with Crippen LogP contribution in [0.25, 0.3) is 0 Å². The van der Waals surface area contributed by atoms with Crippen molar-refractivity contribution >= 4 is 5.69 Å². The third-order valence-corrected chi connectivity index (χ3v) is 3.81. The summed E-state index contributed by atoms with van der Waals surface area (Å²) in [6.45, 7) is 5.23. The third-order valence-electron chi connectivity index (χ3n) is 3.81. The summed E-state index contributed by atoms with van der Waals surface area (Å²) in [4.78, 5) is 2.44. The average Bonchev–Trinajstić information content (AvgIpc) is 2.87. The number of hydrogen-bond acceptors (Lipinski definition) is 3. The van der Waals surface area contributed by atoms with Crippen LogP contribution in [0.1, 0.15) is 31.4 Å². The molecule has 3 nitrogen and oxygen atoms in total. The lowest BCUT2D eigenvalue weighted by molar-refractivity contribution is 0.161. The van der Waals surface area contributed by atoms with Crippen LogP contribution in [0, 0.1) is 5.92 Å². The minimum atomic E-state index is 0.166. The van der Waals surface area contributed by atoms with Crippen molar-refractivity contribution < 1.29 is 4.74 Å². The number of nitrogens with two attached hydrogens (primary N) is 1. The van der Waals surface area contributed by atoms with E-state index in [-0.39, 0.29) is 6.04 Å². The number of methoxy groups -OCH3 is 1. The molecule has 0 aromatic heterocycles. The molecule has 1 fully saturated rings. The van der Waals surface area contributed by atoms with Gasteiger partial charge in [-0.3, -0.25) is 0 Å². The van der Waals surface area contributed by atoms with Crippen LogP contribution in [0.3, 0.4) is 0 Å². The first-order valence-corrected chi connectivity index (χ1v) is 6.84. The van der Waals surface area contributed by atoms with Crippen LogP contribution < -0.4 is 10.6 Å². The first-order valence-electron chi connectivity index (χ1n) is 6.84. The van der Waals surface area contributed by atoms with Crippen LogP contribution in [0.2, 0.25) is 0 Å². The number of anilines is 1. The Morgan fingerprint density at radius 1 is 1.39 bits per heavy atom. The zero-order valence-electron chi connectivity index (χ0n) is 11.4. The second-order valence-electron chi connectivity index (χ2n) is 5.16. The first kappa shape index (κ1) is 13.4. The van der Waals surface area contributed by atoms with Crippen LogP contribution in [-0.4, -0.2) is 26.8 Å². The molecule has 18 heavy (non-hydrogen) atoms. The number of nitrogens with zero attached hydrogens (tertiary/aromatic N) is 1. The van der Waals surface area contributed by atoms with E-state index in [1.165, 1.54) is 17.7 Å². The van der Waals surface area contributed by atoms with Crippen LogP contribution in [0.15, 0.2) is 24.3 Å². The van der Waals surface area contributed by atoms with E-state index >= 15 is 0 Å². The maximum Gasteiger partial charge on any atom is 0.0508 e. The zero-order chi connectivity index (χ0) is 13.0. The predicted molar refractivity (Wildman–Crippen MR) is 75.9 cm³/mol. The summed E-state index contributed by atoms with van der Waals surface area (Å²) in [5, 5.41) is 0. The Kier molecular flexibility index (Phi) is 4.61. The number of ether oxygens (including phenoxy) is 1. The Balaban J connectivity index is 1.98. The van der Waals surface area contributed by atoms with E-state index < -0.39 is 0 Å². The van der Waals surface area contributed by atoms with Gasteiger partial charge in [-0.05, 0) is 30.5 Å². The molecule has 2 N–H and O–H groups in total. The Bertz CT molecular complexity index is 363. The molecule has 1 aromatic rings. The van der Waals surface area contributed by atoms with Gasteiger partial charge in [0.2, 0.25) is 0 Å². The molecule has 0 saturated carbocycles. The second-order valence-corrected chi connectivity index (χ2v) is 5.16. The van der Waals surface area contributed by atoms with Gasteiger partial charge in [0.15, 0.2) is 0 Å². The Hall–Kier alpha value is -1.06. The fraction of sp³-hybridized carbons (Fsp3) is 0.600. The van der Waals surface area contributed by atoms with Crippen molar-refractivity contribution in [1.82, 2.24) is 0 Å². The van der Waals surface area contributed by atoms with Crippen molar-refractivity contribution in [1.29, 1.82) is 0 Å². The highest BCUT2D eigenvalue weighted by atomic mass is 16.5. The van der Waals surface area contributed by atoms with E-state index in [0.29, 0.717) is 5.92 Å². The molecule has 2 unspecified atom stereocenters. The van der Waals surface area contributed by atoms with Gasteiger partial charge in [0.25, 0.3) is 0 Å². The largest absolute Gasteiger partial charge is 0.384 e. The standard InChI is InChI=1S/C15H24N2O/c1-3-15(16)13-4-6-14(7-5-13)17-9-8-12(10-17)11-18-2/h4-7,12,15H,3,8-11,16H2,1-2H3. The highest BCUT2D eigenvalue weighted by Gasteiger charge is 2.22. The Morgan fingerprint density at radius 2 is 2.11 bits per heavy atom. The monoisotopic (exact) mass is 248 g/mol. The summed E-state index contributed by atoms with van der Waals surface area (Å²) in [5.41, 5.74) is 8.57. The van der Waals surface area contributed by atoms with Crippen LogP contribution in [-0.2, 0) is 4.74 Å². The summed E-state index contributed by atoms with van der Waals surface area (Å²) in [6.07, 6.45) is 2.21. The molecule has 0 spiro atoms. The van der Waals surface area contributed by atoms with E-state index in [2.05, 4.69) is 36.1 Å². The van der Waals surface area contributed by atoms with Gasteiger partial charge in [-0.1, -0.05) is 19.1 Å². The minimum Gasteiger partial charge on any atom is -0.384 e. The second kappa shape index (κ2) is 6.21. The van der Waals surface area contributed by atoms with Gasteiger partial charge in [-0.15, -0.1) is 0 Å². The lowest BCUT2D eigenvalue weighted by atomic mass is 10.1. The molecule has 2 atom stereocenters. The minimum absolute atomic E-state index is 0.166. The van der Waals surface area contributed by atoms with Crippen LogP contribution >= 0.6 is 0 Å². The van der Waals surface area contributed by atoms with E-state index in [1.807, 2.05) is 0 Å². The predicted octanol–water partition coefficient (Wildman–Crippen LogP) is 2.57. The van der Waals surface area contributed by atoms with Gasteiger partial charge in [0, 0.05) is 37.8 Å². The summed E-state index contributed by atoms with van der Waals surface area (Å²) >= 11 is 0. The molecule has 2 rings (SSSR count). The molecule has 1 aromatic carbocycles. The lowest BCUT2D eigenvalue weighted by Gasteiger charge is -2.19. The molecule has 0 aliphatic carbocycles. The summed E-state index contributed by atoms with van der Waals surface area (Å²) in [6, 6.07) is 8.87. The topological polar surface area (TPSA) is 38.5 Å². The van der Waals surface area contributed by atoms with Crippen molar-refractivity contribution in [2.75, 3.05) is 31.7 Å². The Morgan fingerprint density at radius 3 is 2.72 bits per heavy atom. The molecule has 1 saturated heterocycles. The quantitative estimate of drug-likeness (QED) is 0.870. The summed E-state index contributed by atoms with van der Waals surface area (Å²) in [5.74, 6) is 0.674. The molecule has 3 heteroatoms. The smallest absolute Gasteiger partial charge is 0.0508 e. The van der Waals surface area contributed by atoms with Crippen molar-refractivity contribution in [3.05, 3.63) is 29.8 Å². The number of hydrogen-bond donors (Lipinski definition) is 1. The highest BCUT2D eigenvalue weighted by molar-refractivity contribution is 5.48. The fourth-order valence-electron chi connectivity index (χ4n) is 2.61. The molecular weight excluding hydrogens is 224 g/mol. The van der Waals surface area contributed by atoms with E-state index in [4.69, 9.17) is 10.5 Å². The van der Waals surface area contributed by atoms with E-state index in [1.54, 1.807) is 7.11 Å². The summed E-state index contributed by atoms with van der Waals surface area (Å²) in [7, 11) is 1.78. The van der Waals surface area contributed by atoms with Crippen molar-refractivity contribution in [2.45, 2.75) is 25.8 Å². The fourth-order valence-corrected chi connectivity index (χ4v) is 2.61. The molecule has 100 valence electrons. The molecule has 1 aliphatic heterocycles. The van der Waals surface area contributed by atoms with Gasteiger partial charge < -0.3 is 15.4 Å². The normalized spacial score (nSPS) is 21.3. The molecule has 0 radical (unpaired) electrons. The van der Waals surface area contributed by atoms with Crippen LogP contribution in [0.4, 0.5) is 5.69 Å². The van der Waals surface area contributed by atoms with Gasteiger partial charge in [-0.2, -0.15) is 0 Å². The van der Waals surface area contributed by atoms with Crippen molar-refractivity contribution in [3.63, 3.8) is 0 Å². The molecule has 1 heterocycles. The van der Waals surface area contributed by atoms with Gasteiger partial charge in [-0.25, -0.2) is 0 Å². The zero-order valence-corrected chi connectivity index (χ0v) is 11.4. The van der Waals surface area contributed by atoms with E-state index in [9.17, 15) is 0 Å². The number of rotatable bonds is 5. The van der Waals surface area contributed by atoms with Crippen LogP contribution in [0.5, 0.6) is 0 Å². The van der Waals surface area contributed by atoms with Gasteiger partial charge in [0.1, 0.15) is 0 Å². The third kappa shape index (κ3) is 3.03. The average molecular weight is 248 g/mol. The van der Waals surface area contributed by atoms with Crippen molar-refractivity contribution in [3.8, 4) is 0 Å². The maximum absolute atomic E-state index is 6.03. The van der Waals surface area contributed by atoms with Gasteiger partial charge in [0.05, 0.1) is 6.61 Å². The maximum atomic E-state index is 6.03. The number of benzene rings is 1. The lowest BCUT2D eigenvalue weighted by Crippen LogP contribution is -2.21. The molecule has 0 bridgehead atoms. The van der Waals surface area contributed by atoms with E-state index in [0.717, 1.165) is 26.1 Å². The Labute approximate surface area is 110 Å². The van der Waals surface area contributed by atoms with Crippen molar-refractivity contribution in [2.24, 2.45) is 11.7 Å². The van der Waals surface area contributed by atoms with Gasteiger partial charge >= 0.3 is 0 Å². The molecule has 1 aliphatic rings. The highest BCUT2D eigenvalue weighted by Crippen LogP contribution is 2.25.